The van der Waals surface area contributed by atoms with Crippen LogP contribution in [-0.2, 0) is 5.41 Å². The van der Waals surface area contributed by atoms with Gasteiger partial charge in [-0.2, -0.15) is 26.3 Å². The number of benzene rings is 1. The first kappa shape index (κ1) is 24.7. The van der Waals surface area contributed by atoms with Crippen molar-refractivity contribution in [3.8, 4) is 0 Å². The summed E-state index contributed by atoms with van der Waals surface area (Å²) in [6.07, 6.45) is -3.75. The Kier molecular flexibility index (Phi) is 7.32. The van der Waals surface area contributed by atoms with Crippen molar-refractivity contribution in [2.75, 3.05) is 12.8 Å². The first-order chi connectivity index (χ1) is 15.0. The van der Waals surface area contributed by atoms with Gasteiger partial charge >= 0.3 is 12.4 Å². The van der Waals surface area contributed by atoms with Gasteiger partial charge in [0.25, 0.3) is 0 Å². The minimum atomic E-state index is -4.22. The highest BCUT2D eigenvalue weighted by Gasteiger charge is 2.45. The highest BCUT2D eigenvalue weighted by molar-refractivity contribution is 5.88. The molecule has 8 heteroatoms. The molecule has 178 valence electrons. The lowest BCUT2D eigenvalue weighted by atomic mass is 9.67. The van der Waals surface area contributed by atoms with E-state index in [0.717, 1.165) is 22.3 Å². The number of nitrogens with one attached hydrogen (secondary N) is 1. The van der Waals surface area contributed by atoms with Crippen LogP contribution < -0.4 is 11.1 Å². The number of allylic oxidation sites excluding steroid dienone is 2. The smallest absolute Gasteiger partial charge is 0.389 e. The largest absolute Gasteiger partial charge is 0.399 e. The van der Waals surface area contributed by atoms with Crippen molar-refractivity contribution in [1.82, 2.24) is 5.32 Å². The minimum absolute atomic E-state index is 0.000636. The third-order valence-corrected chi connectivity index (χ3v) is 6.67. The molecule has 2 nitrogen and oxygen atoms in total. The maximum Gasteiger partial charge on any atom is 0.389 e. The van der Waals surface area contributed by atoms with Gasteiger partial charge in [-0.1, -0.05) is 31.1 Å². The van der Waals surface area contributed by atoms with Crippen LogP contribution in [0.5, 0.6) is 0 Å². The number of anilines is 1. The van der Waals surface area contributed by atoms with E-state index in [1.54, 1.807) is 6.07 Å². The summed E-state index contributed by atoms with van der Waals surface area (Å²) in [5.74, 6) is 0. The second kappa shape index (κ2) is 9.49. The number of fused-ring (bicyclic) bond motifs is 2. The van der Waals surface area contributed by atoms with Gasteiger partial charge in [0.2, 0.25) is 0 Å². The minimum Gasteiger partial charge on any atom is -0.399 e. The van der Waals surface area contributed by atoms with Crippen LogP contribution in [0.3, 0.4) is 0 Å². The molecule has 0 amide bonds. The van der Waals surface area contributed by atoms with Gasteiger partial charge in [-0.15, -0.1) is 0 Å². The molecule has 1 atom stereocenters. The topological polar surface area (TPSA) is 38.0 Å². The Morgan fingerprint density at radius 2 is 1.56 bits per heavy atom. The summed E-state index contributed by atoms with van der Waals surface area (Å²) in [6, 6.07) is 5.66. The number of hydrogen-bond donors (Lipinski definition) is 2. The molecule has 0 bridgehead atoms. The third kappa shape index (κ3) is 5.69. The van der Waals surface area contributed by atoms with Crippen LogP contribution in [0.2, 0.25) is 0 Å². The monoisotopic (exact) mass is 460 g/mol. The first-order valence-corrected chi connectivity index (χ1v) is 11.1. The van der Waals surface area contributed by atoms with Crippen molar-refractivity contribution in [1.29, 1.82) is 0 Å². The molecule has 0 spiro atoms. The summed E-state index contributed by atoms with van der Waals surface area (Å²) in [6.45, 7) is 0. The van der Waals surface area contributed by atoms with E-state index in [2.05, 4.69) is 11.4 Å². The van der Waals surface area contributed by atoms with Crippen LogP contribution in [0.25, 0.3) is 5.57 Å². The molecule has 3 N–H and O–H groups in total. The average Bonchev–Trinajstić information content (AvgIpc) is 2.96. The molecule has 0 fully saturated rings. The molecule has 3 rings (SSSR count). The Hall–Kier alpha value is -1.96. The van der Waals surface area contributed by atoms with E-state index in [4.69, 9.17) is 5.73 Å². The lowest BCUT2D eigenvalue weighted by Gasteiger charge is -2.37. The Labute approximate surface area is 184 Å². The van der Waals surface area contributed by atoms with Crippen LogP contribution in [-0.4, -0.2) is 25.4 Å². The molecule has 0 saturated heterocycles. The van der Waals surface area contributed by atoms with Crippen molar-refractivity contribution < 1.29 is 26.3 Å². The second-order valence-corrected chi connectivity index (χ2v) is 8.88. The fraction of sp³-hybridized carbons (Fsp3) is 0.583. The van der Waals surface area contributed by atoms with Gasteiger partial charge in [0.05, 0.1) is 0 Å². The zero-order valence-electron chi connectivity index (χ0n) is 18.2. The highest BCUT2D eigenvalue weighted by atomic mass is 19.4. The average molecular weight is 461 g/mol. The molecule has 1 unspecified atom stereocenters. The van der Waals surface area contributed by atoms with Crippen molar-refractivity contribution >= 4 is 11.3 Å². The van der Waals surface area contributed by atoms with Crippen LogP contribution >= 0.6 is 0 Å². The van der Waals surface area contributed by atoms with E-state index in [-0.39, 0.29) is 18.9 Å². The number of nitrogens with two attached hydrogens (primary N) is 1. The van der Waals surface area contributed by atoms with Gasteiger partial charge in [-0.05, 0) is 73.6 Å². The van der Waals surface area contributed by atoms with E-state index in [0.29, 0.717) is 37.8 Å². The Morgan fingerprint density at radius 1 is 0.969 bits per heavy atom. The molecule has 0 saturated carbocycles. The summed E-state index contributed by atoms with van der Waals surface area (Å²) in [4.78, 5) is 0. The quantitative estimate of drug-likeness (QED) is 0.235. The number of nitrogen functional groups attached to an aromatic ring is 1. The SMILES string of the molecule is CNC1C=CC2=C(C1)C(CCCCC(F)(F)F)(CCCCC(F)(F)F)c1cc(N)ccc12. The van der Waals surface area contributed by atoms with E-state index in [1.165, 1.54) is 0 Å². The standard InChI is InChI=1S/C24H30F6N2/c1-32-17-7-9-19-18-8-6-16(31)14-20(18)22(21(19)15-17,10-2-4-12-23(25,26)27)11-3-5-13-24(28,29)30/h6-9,14,17,32H,2-5,10-13,15,31H2,1H3. The Balaban J connectivity index is 1.93. The van der Waals surface area contributed by atoms with E-state index < -0.39 is 30.6 Å². The lowest BCUT2D eigenvalue weighted by molar-refractivity contribution is -0.136. The molecule has 0 aromatic heterocycles. The Bertz CT molecular complexity index is 844. The summed E-state index contributed by atoms with van der Waals surface area (Å²) < 4.78 is 76.3. The number of alkyl halides is 6. The zero-order chi connectivity index (χ0) is 23.6. The van der Waals surface area contributed by atoms with Gasteiger partial charge < -0.3 is 11.1 Å². The second-order valence-electron chi connectivity index (χ2n) is 8.88. The van der Waals surface area contributed by atoms with E-state index >= 15 is 0 Å². The predicted molar refractivity (Wildman–Crippen MR) is 115 cm³/mol. The molecule has 0 heterocycles. The molecule has 0 aliphatic heterocycles. The molecule has 1 aromatic carbocycles. The molecular formula is C24H30F6N2. The Morgan fingerprint density at radius 3 is 2.09 bits per heavy atom. The number of likely N-dealkylation sites (N-methyl/N-ethyl adjacent to an activating group) is 1. The molecule has 2 aliphatic carbocycles. The van der Waals surface area contributed by atoms with Gasteiger partial charge in [0, 0.05) is 30.0 Å². The first-order valence-electron chi connectivity index (χ1n) is 11.1. The summed E-state index contributed by atoms with van der Waals surface area (Å²) >= 11 is 0. The van der Waals surface area contributed by atoms with Gasteiger partial charge in [0.15, 0.2) is 0 Å². The lowest BCUT2D eigenvalue weighted by Crippen LogP contribution is -2.33. The predicted octanol–water partition coefficient (Wildman–Crippen LogP) is 7.07. The van der Waals surface area contributed by atoms with Crippen molar-refractivity contribution in [3.63, 3.8) is 0 Å². The van der Waals surface area contributed by atoms with Crippen molar-refractivity contribution in [2.45, 2.75) is 81.6 Å². The fourth-order valence-electron chi connectivity index (χ4n) is 5.17. The maximum absolute atomic E-state index is 12.7. The molecule has 0 radical (unpaired) electrons. The highest BCUT2D eigenvalue weighted by Crippen LogP contribution is 2.55. The van der Waals surface area contributed by atoms with Crippen LogP contribution in [0.1, 0.15) is 68.9 Å². The molecule has 1 aromatic rings. The van der Waals surface area contributed by atoms with Crippen LogP contribution in [0.4, 0.5) is 32.0 Å². The zero-order valence-corrected chi connectivity index (χ0v) is 18.2. The normalized spacial score (nSPS) is 19.9. The van der Waals surface area contributed by atoms with Gasteiger partial charge in [0.1, 0.15) is 0 Å². The van der Waals surface area contributed by atoms with Crippen molar-refractivity contribution in [3.05, 3.63) is 47.1 Å². The number of hydrogen-bond acceptors (Lipinski definition) is 2. The third-order valence-electron chi connectivity index (χ3n) is 6.67. The summed E-state index contributed by atoms with van der Waals surface area (Å²) in [5, 5.41) is 3.22. The molecule has 2 aliphatic rings. The summed E-state index contributed by atoms with van der Waals surface area (Å²) in [7, 11) is 1.84. The van der Waals surface area contributed by atoms with Gasteiger partial charge in [-0.25, -0.2) is 0 Å². The maximum atomic E-state index is 12.7. The molecular weight excluding hydrogens is 430 g/mol. The molecule has 32 heavy (non-hydrogen) atoms. The van der Waals surface area contributed by atoms with Crippen LogP contribution in [0, 0.1) is 0 Å². The number of rotatable bonds is 9. The van der Waals surface area contributed by atoms with Gasteiger partial charge in [-0.3, -0.25) is 0 Å². The van der Waals surface area contributed by atoms with Crippen molar-refractivity contribution in [2.24, 2.45) is 0 Å². The van der Waals surface area contributed by atoms with E-state index in [9.17, 15) is 26.3 Å². The number of halogens is 6. The van der Waals surface area contributed by atoms with E-state index in [1.807, 2.05) is 25.3 Å². The van der Waals surface area contributed by atoms with Crippen LogP contribution in [0.15, 0.2) is 35.9 Å². The summed E-state index contributed by atoms with van der Waals surface area (Å²) in [5.41, 5.74) is 10.1. The number of unbranched alkanes of at least 4 members (excludes halogenated alkanes) is 2. The fourth-order valence-corrected chi connectivity index (χ4v) is 5.17.